The SMILES string of the molecule is CCCc1ccc(C2(C)NC(=O)N(CC(=O)N(CC)C3=CCCCC3)C2=O)cc1. The lowest BCUT2D eigenvalue weighted by molar-refractivity contribution is -0.138. The molecule has 6 heteroatoms. The Morgan fingerprint density at radius 1 is 1.17 bits per heavy atom. The number of urea groups is 1. The highest BCUT2D eigenvalue weighted by Gasteiger charge is 2.49. The van der Waals surface area contributed by atoms with E-state index in [0.717, 1.165) is 54.7 Å². The third-order valence-corrected chi connectivity index (χ3v) is 5.87. The van der Waals surface area contributed by atoms with E-state index in [2.05, 4.69) is 18.3 Å². The van der Waals surface area contributed by atoms with Crippen molar-refractivity contribution in [3.05, 3.63) is 47.2 Å². The number of allylic oxidation sites excluding steroid dienone is 2. The predicted molar refractivity (Wildman–Crippen MR) is 112 cm³/mol. The number of imide groups is 1. The number of hydrogen-bond donors (Lipinski definition) is 1. The largest absolute Gasteiger partial charge is 0.325 e. The summed E-state index contributed by atoms with van der Waals surface area (Å²) < 4.78 is 0. The molecule has 6 nitrogen and oxygen atoms in total. The van der Waals surface area contributed by atoms with Gasteiger partial charge in [0.15, 0.2) is 0 Å². The van der Waals surface area contributed by atoms with Crippen LogP contribution in [0.5, 0.6) is 0 Å². The molecule has 1 N–H and O–H groups in total. The molecule has 0 radical (unpaired) electrons. The molecule has 156 valence electrons. The monoisotopic (exact) mass is 397 g/mol. The smallest absolute Gasteiger partial charge is 0.319 e. The molecular formula is C23H31N3O3. The fourth-order valence-corrected chi connectivity index (χ4v) is 4.16. The average molecular weight is 398 g/mol. The van der Waals surface area contributed by atoms with Crippen LogP contribution in [0.25, 0.3) is 0 Å². The van der Waals surface area contributed by atoms with Gasteiger partial charge in [-0.3, -0.25) is 14.5 Å². The number of benzene rings is 1. The molecule has 4 amide bonds. The van der Waals surface area contributed by atoms with Crippen molar-refractivity contribution in [1.29, 1.82) is 0 Å². The first-order chi connectivity index (χ1) is 13.9. The number of hydrogen-bond acceptors (Lipinski definition) is 3. The molecule has 1 atom stereocenters. The Morgan fingerprint density at radius 3 is 2.48 bits per heavy atom. The van der Waals surface area contributed by atoms with Gasteiger partial charge in [-0.15, -0.1) is 0 Å². The molecule has 1 fully saturated rings. The molecule has 2 aliphatic rings. The van der Waals surface area contributed by atoms with Gasteiger partial charge in [0.05, 0.1) is 0 Å². The van der Waals surface area contributed by atoms with Crippen LogP contribution in [0.15, 0.2) is 36.0 Å². The molecule has 1 saturated heterocycles. The van der Waals surface area contributed by atoms with Crippen LogP contribution in [0.2, 0.25) is 0 Å². The lowest BCUT2D eigenvalue weighted by atomic mass is 9.91. The van der Waals surface area contributed by atoms with E-state index in [0.29, 0.717) is 6.54 Å². The van der Waals surface area contributed by atoms with Crippen molar-refractivity contribution in [3.8, 4) is 0 Å². The van der Waals surface area contributed by atoms with Gasteiger partial charge in [0.1, 0.15) is 12.1 Å². The van der Waals surface area contributed by atoms with Gasteiger partial charge in [-0.05, 0) is 57.1 Å². The minimum Gasteiger partial charge on any atom is -0.319 e. The standard InChI is InChI=1S/C23H31N3O3/c1-4-9-17-12-14-18(15-13-17)23(3)21(28)26(22(29)24-23)16-20(27)25(5-2)19-10-7-6-8-11-19/h10,12-15H,4-9,11,16H2,1-3H3,(H,24,29). The quantitative estimate of drug-likeness (QED) is 0.713. The van der Waals surface area contributed by atoms with Crippen molar-refractivity contribution in [2.45, 2.75) is 64.8 Å². The molecule has 1 aromatic carbocycles. The van der Waals surface area contributed by atoms with E-state index in [1.165, 1.54) is 5.56 Å². The molecule has 1 aliphatic heterocycles. The van der Waals surface area contributed by atoms with Gasteiger partial charge < -0.3 is 10.2 Å². The highest BCUT2D eigenvalue weighted by atomic mass is 16.2. The molecule has 3 rings (SSSR count). The molecule has 1 heterocycles. The number of amides is 4. The molecule has 29 heavy (non-hydrogen) atoms. The van der Waals surface area contributed by atoms with Gasteiger partial charge in [0.2, 0.25) is 5.91 Å². The second-order valence-electron chi connectivity index (χ2n) is 7.97. The summed E-state index contributed by atoms with van der Waals surface area (Å²) in [5.41, 5.74) is 1.78. The molecular weight excluding hydrogens is 366 g/mol. The zero-order valence-electron chi connectivity index (χ0n) is 17.7. The maximum absolute atomic E-state index is 13.1. The van der Waals surface area contributed by atoms with E-state index in [-0.39, 0.29) is 18.4 Å². The van der Waals surface area contributed by atoms with Gasteiger partial charge in [0.25, 0.3) is 5.91 Å². The molecule has 1 aromatic rings. The summed E-state index contributed by atoms with van der Waals surface area (Å²) in [6, 6.07) is 7.24. The Kier molecular flexibility index (Phi) is 6.40. The van der Waals surface area contributed by atoms with Crippen LogP contribution in [0.1, 0.15) is 64.0 Å². The van der Waals surface area contributed by atoms with Crippen molar-refractivity contribution in [2.24, 2.45) is 0 Å². The Bertz CT molecular complexity index is 815. The molecule has 1 unspecified atom stereocenters. The van der Waals surface area contributed by atoms with E-state index >= 15 is 0 Å². The lowest BCUT2D eigenvalue weighted by Gasteiger charge is -2.28. The van der Waals surface area contributed by atoms with Gasteiger partial charge >= 0.3 is 6.03 Å². The van der Waals surface area contributed by atoms with E-state index < -0.39 is 11.6 Å². The second-order valence-corrected chi connectivity index (χ2v) is 7.97. The van der Waals surface area contributed by atoms with Crippen molar-refractivity contribution in [2.75, 3.05) is 13.1 Å². The molecule has 0 bridgehead atoms. The van der Waals surface area contributed by atoms with Crippen molar-refractivity contribution in [1.82, 2.24) is 15.1 Å². The van der Waals surface area contributed by atoms with Crippen LogP contribution in [0, 0.1) is 0 Å². The highest BCUT2D eigenvalue weighted by molar-refractivity contribution is 6.09. The third-order valence-electron chi connectivity index (χ3n) is 5.87. The molecule has 0 saturated carbocycles. The first-order valence-corrected chi connectivity index (χ1v) is 10.6. The van der Waals surface area contributed by atoms with E-state index in [9.17, 15) is 14.4 Å². The van der Waals surface area contributed by atoms with Crippen LogP contribution >= 0.6 is 0 Å². The topological polar surface area (TPSA) is 69.7 Å². The lowest BCUT2D eigenvalue weighted by Crippen LogP contribution is -2.44. The molecule has 0 aromatic heterocycles. The Balaban J connectivity index is 1.75. The number of carbonyl (C=O) groups excluding carboxylic acids is 3. The number of nitrogens with zero attached hydrogens (tertiary/aromatic N) is 2. The summed E-state index contributed by atoms with van der Waals surface area (Å²) in [6.45, 7) is 6.03. The maximum Gasteiger partial charge on any atom is 0.325 e. The normalized spacial score (nSPS) is 21.8. The van der Waals surface area contributed by atoms with Crippen LogP contribution in [0.4, 0.5) is 4.79 Å². The summed E-state index contributed by atoms with van der Waals surface area (Å²) >= 11 is 0. The van der Waals surface area contributed by atoms with E-state index in [1.54, 1.807) is 11.8 Å². The minimum absolute atomic E-state index is 0.216. The zero-order valence-corrected chi connectivity index (χ0v) is 17.7. The summed E-state index contributed by atoms with van der Waals surface area (Å²) in [4.78, 5) is 41.4. The zero-order chi connectivity index (χ0) is 21.0. The van der Waals surface area contributed by atoms with Crippen molar-refractivity contribution in [3.63, 3.8) is 0 Å². The van der Waals surface area contributed by atoms with E-state index in [4.69, 9.17) is 0 Å². The minimum atomic E-state index is -1.15. The number of rotatable bonds is 7. The third kappa shape index (κ3) is 4.21. The van der Waals surface area contributed by atoms with Crippen LogP contribution < -0.4 is 5.32 Å². The average Bonchev–Trinajstić information content (AvgIpc) is 2.94. The summed E-state index contributed by atoms with van der Waals surface area (Å²) in [7, 11) is 0. The number of nitrogens with one attached hydrogen (secondary N) is 1. The molecule has 0 spiro atoms. The van der Waals surface area contributed by atoms with Crippen molar-refractivity contribution >= 4 is 17.8 Å². The van der Waals surface area contributed by atoms with Crippen molar-refractivity contribution < 1.29 is 14.4 Å². The second kappa shape index (κ2) is 8.80. The molecule has 1 aliphatic carbocycles. The summed E-state index contributed by atoms with van der Waals surface area (Å²) in [5.74, 6) is -0.598. The first kappa shape index (κ1) is 21.1. The highest BCUT2D eigenvalue weighted by Crippen LogP contribution is 2.29. The Morgan fingerprint density at radius 2 is 1.90 bits per heavy atom. The fraction of sp³-hybridized carbons (Fsp3) is 0.522. The maximum atomic E-state index is 13.1. The van der Waals surface area contributed by atoms with Gasteiger partial charge in [0, 0.05) is 12.2 Å². The summed E-state index contributed by atoms with van der Waals surface area (Å²) in [5, 5.41) is 2.79. The van der Waals surface area contributed by atoms with Crippen LogP contribution in [0.3, 0.4) is 0 Å². The first-order valence-electron chi connectivity index (χ1n) is 10.6. The number of likely N-dealkylation sites (N-methyl/N-ethyl adjacent to an activating group) is 1. The Hall–Kier alpha value is -2.63. The van der Waals surface area contributed by atoms with Crippen LogP contribution in [-0.4, -0.2) is 40.7 Å². The summed E-state index contributed by atoms with van der Waals surface area (Å²) in [6.07, 6.45) is 8.14. The van der Waals surface area contributed by atoms with E-state index in [1.807, 2.05) is 31.2 Å². The predicted octanol–water partition coefficient (Wildman–Crippen LogP) is 3.71. The fourth-order valence-electron chi connectivity index (χ4n) is 4.16. The number of carbonyl (C=O) groups is 3. The number of aryl methyl sites for hydroxylation is 1. The van der Waals surface area contributed by atoms with Gasteiger partial charge in [-0.1, -0.05) is 43.7 Å². The van der Waals surface area contributed by atoms with Crippen LogP contribution in [-0.2, 0) is 21.5 Å². The van der Waals surface area contributed by atoms with Gasteiger partial charge in [-0.25, -0.2) is 4.79 Å². The Labute approximate surface area is 172 Å². The van der Waals surface area contributed by atoms with Gasteiger partial charge in [-0.2, -0.15) is 0 Å².